The fourth-order valence-corrected chi connectivity index (χ4v) is 11.8. The van der Waals surface area contributed by atoms with E-state index in [1.807, 2.05) is 0 Å². The van der Waals surface area contributed by atoms with Gasteiger partial charge in [0.1, 0.15) is 5.58 Å². The van der Waals surface area contributed by atoms with E-state index in [2.05, 4.69) is 277 Å². The van der Waals surface area contributed by atoms with Gasteiger partial charge in [-0.2, -0.15) is 0 Å². The first-order chi connectivity index (χ1) is 34.8. The molecule has 0 saturated carbocycles. The van der Waals surface area contributed by atoms with Gasteiger partial charge in [0.15, 0.2) is 5.58 Å². The summed E-state index contributed by atoms with van der Waals surface area (Å²) in [6, 6.07) is 96.9. The predicted molar refractivity (Wildman–Crippen MR) is 290 cm³/mol. The lowest BCUT2D eigenvalue weighted by molar-refractivity contribution is 0.668. The van der Waals surface area contributed by atoms with E-state index in [4.69, 9.17) is 4.42 Å². The zero-order chi connectivity index (χ0) is 46.2. The SMILES string of the molecule is c1ccc(-c2cc(N(c3ccccc3)c3ccccc3-c3ccccc3)cc(N(c3ccccc3)c3cccc4c3oc3ccc5c(c34)-c3ccccc3C53c4ccccc4-c4ccccc43)c2)cc1. The number of nitrogens with zero attached hydrogens (tertiary/aromatic N) is 2. The summed E-state index contributed by atoms with van der Waals surface area (Å²) in [4.78, 5) is 4.78. The first-order valence-corrected chi connectivity index (χ1v) is 24.1. The van der Waals surface area contributed by atoms with E-state index in [1.165, 1.54) is 44.5 Å². The molecule has 14 rings (SSSR count). The second-order valence-electron chi connectivity index (χ2n) is 18.3. The van der Waals surface area contributed by atoms with Crippen molar-refractivity contribution in [1.29, 1.82) is 0 Å². The second-order valence-corrected chi connectivity index (χ2v) is 18.3. The lowest BCUT2D eigenvalue weighted by atomic mass is 9.70. The van der Waals surface area contributed by atoms with Gasteiger partial charge in [-0.3, -0.25) is 0 Å². The Morgan fingerprint density at radius 2 is 0.771 bits per heavy atom. The summed E-state index contributed by atoms with van der Waals surface area (Å²) in [6.45, 7) is 0. The van der Waals surface area contributed by atoms with Crippen LogP contribution in [0.3, 0.4) is 0 Å². The number of fused-ring (bicyclic) bond motifs is 14. The van der Waals surface area contributed by atoms with Crippen LogP contribution in [0.15, 0.2) is 271 Å². The molecule has 0 saturated heterocycles. The average molecular weight is 893 g/mol. The number of hydrogen-bond donors (Lipinski definition) is 0. The van der Waals surface area contributed by atoms with Crippen molar-refractivity contribution in [1.82, 2.24) is 0 Å². The lowest BCUT2D eigenvalue weighted by Crippen LogP contribution is -2.25. The third-order valence-electron chi connectivity index (χ3n) is 14.6. The van der Waals surface area contributed by atoms with Gasteiger partial charge in [-0.1, -0.05) is 206 Å². The van der Waals surface area contributed by atoms with Gasteiger partial charge in [0.25, 0.3) is 0 Å². The van der Waals surface area contributed by atoms with E-state index in [1.54, 1.807) is 0 Å². The average Bonchev–Trinajstić information content (AvgIpc) is 4.08. The van der Waals surface area contributed by atoms with Gasteiger partial charge >= 0.3 is 0 Å². The molecule has 11 aromatic carbocycles. The molecule has 2 aliphatic carbocycles. The molecule has 0 N–H and O–H groups in total. The van der Waals surface area contributed by atoms with Crippen molar-refractivity contribution < 1.29 is 4.42 Å². The minimum atomic E-state index is -0.456. The quantitative estimate of drug-likeness (QED) is 0.152. The molecule has 2 aliphatic rings. The van der Waals surface area contributed by atoms with E-state index < -0.39 is 5.41 Å². The summed E-state index contributed by atoms with van der Waals surface area (Å²) >= 11 is 0. The molecule has 3 nitrogen and oxygen atoms in total. The monoisotopic (exact) mass is 892 g/mol. The third kappa shape index (κ3) is 5.95. The number of hydrogen-bond acceptors (Lipinski definition) is 3. The topological polar surface area (TPSA) is 19.6 Å². The molecule has 0 fully saturated rings. The molecular weight excluding hydrogens is 849 g/mol. The minimum Gasteiger partial charge on any atom is -0.454 e. The van der Waals surface area contributed by atoms with Crippen LogP contribution in [0.5, 0.6) is 0 Å². The Kier molecular flexibility index (Phi) is 9.11. The van der Waals surface area contributed by atoms with E-state index in [-0.39, 0.29) is 0 Å². The van der Waals surface area contributed by atoms with Crippen LogP contribution in [-0.2, 0) is 5.41 Å². The van der Waals surface area contributed by atoms with Crippen LogP contribution in [0, 0.1) is 0 Å². The summed E-state index contributed by atoms with van der Waals surface area (Å²) in [5, 5.41) is 2.22. The molecule has 0 amide bonds. The zero-order valence-electron chi connectivity index (χ0n) is 38.2. The molecule has 12 aromatic rings. The second kappa shape index (κ2) is 16.0. The van der Waals surface area contributed by atoms with Gasteiger partial charge in [-0.15, -0.1) is 0 Å². The molecule has 3 heteroatoms. The normalized spacial score (nSPS) is 12.7. The smallest absolute Gasteiger partial charge is 0.159 e. The highest BCUT2D eigenvalue weighted by Gasteiger charge is 2.52. The Bertz CT molecular complexity index is 3910. The van der Waals surface area contributed by atoms with E-state index in [9.17, 15) is 0 Å². The van der Waals surface area contributed by atoms with Gasteiger partial charge in [-0.25, -0.2) is 0 Å². The highest BCUT2D eigenvalue weighted by atomic mass is 16.3. The number of anilines is 6. The van der Waals surface area contributed by atoms with E-state index in [0.29, 0.717) is 0 Å². The van der Waals surface area contributed by atoms with Crippen molar-refractivity contribution in [3.63, 3.8) is 0 Å². The molecule has 1 heterocycles. The van der Waals surface area contributed by atoms with Crippen LogP contribution >= 0.6 is 0 Å². The minimum absolute atomic E-state index is 0.456. The maximum Gasteiger partial charge on any atom is 0.159 e. The lowest BCUT2D eigenvalue weighted by Gasteiger charge is -2.31. The van der Waals surface area contributed by atoms with Crippen molar-refractivity contribution in [2.24, 2.45) is 0 Å². The molecule has 0 radical (unpaired) electrons. The van der Waals surface area contributed by atoms with Crippen molar-refractivity contribution in [3.05, 3.63) is 289 Å². The van der Waals surface area contributed by atoms with Crippen LogP contribution in [-0.4, -0.2) is 0 Å². The number of furan rings is 1. The van der Waals surface area contributed by atoms with Crippen molar-refractivity contribution in [2.75, 3.05) is 9.80 Å². The van der Waals surface area contributed by atoms with Gasteiger partial charge in [0.05, 0.1) is 16.8 Å². The molecule has 70 heavy (non-hydrogen) atoms. The van der Waals surface area contributed by atoms with Crippen molar-refractivity contribution in [3.8, 4) is 44.5 Å². The Hall–Kier alpha value is -9.18. The zero-order valence-corrected chi connectivity index (χ0v) is 38.2. The summed E-state index contributed by atoms with van der Waals surface area (Å²) in [6.07, 6.45) is 0. The van der Waals surface area contributed by atoms with Crippen LogP contribution < -0.4 is 9.80 Å². The van der Waals surface area contributed by atoms with Gasteiger partial charge in [0, 0.05) is 39.1 Å². The van der Waals surface area contributed by atoms with E-state index >= 15 is 0 Å². The molecular formula is C67H44N2O. The number of rotatable bonds is 8. The number of para-hydroxylation sites is 4. The number of benzene rings is 11. The van der Waals surface area contributed by atoms with Gasteiger partial charge in [0.2, 0.25) is 0 Å². The van der Waals surface area contributed by atoms with Gasteiger partial charge < -0.3 is 14.2 Å². The first-order valence-electron chi connectivity index (χ1n) is 24.1. The maximum absolute atomic E-state index is 7.28. The molecule has 0 bridgehead atoms. The molecule has 0 atom stereocenters. The molecule has 328 valence electrons. The fraction of sp³-hybridized carbons (Fsp3) is 0.0149. The van der Waals surface area contributed by atoms with E-state index in [0.717, 1.165) is 78.3 Å². The Balaban J connectivity index is 1.03. The summed E-state index contributed by atoms with van der Waals surface area (Å²) < 4.78 is 7.28. The maximum atomic E-state index is 7.28. The Morgan fingerprint density at radius 3 is 1.39 bits per heavy atom. The standard InChI is InChI=1S/C67H44N2O/c1-5-22-45(23-6-1)47-42-50(68(48-26-9-3-10-27-48)61-38-20-16-30-52(61)46-24-7-2-8-25-46)44-51(43-47)69(49-28-11-4-12-29-49)62-39-21-34-56-65-63(70-66(56)62)41-40-60-64(65)55-33-15-19-37-59(55)67(60)57-35-17-13-31-53(57)54-32-14-18-36-58(54)67/h1-44H. The molecule has 1 spiro atoms. The van der Waals surface area contributed by atoms with Crippen LogP contribution in [0.4, 0.5) is 34.1 Å². The molecule has 0 aliphatic heterocycles. The highest BCUT2D eigenvalue weighted by Crippen LogP contribution is 2.64. The van der Waals surface area contributed by atoms with Gasteiger partial charge in [-0.05, 0) is 122 Å². The largest absolute Gasteiger partial charge is 0.454 e. The molecule has 0 unspecified atom stereocenters. The summed E-state index contributed by atoms with van der Waals surface area (Å²) in [5.74, 6) is 0. The third-order valence-corrected chi connectivity index (χ3v) is 14.6. The molecule has 1 aromatic heterocycles. The van der Waals surface area contributed by atoms with Crippen LogP contribution in [0.1, 0.15) is 22.3 Å². The summed E-state index contributed by atoms with van der Waals surface area (Å²) in [7, 11) is 0. The predicted octanol–water partition coefficient (Wildman–Crippen LogP) is 18.2. The fourth-order valence-electron chi connectivity index (χ4n) is 11.8. The van der Waals surface area contributed by atoms with Crippen LogP contribution in [0.25, 0.3) is 66.4 Å². The highest BCUT2D eigenvalue weighted by molar-refractivity contribution is 6.19. The summed E-state index contributed by atoms with van der Waals surface area (Å²) in [5.41, 5.74) is 22.3. The van der Waals surface area contributed by atoms with Crippen molar-refractivity contribution >= 4 is 56.1 Å². The Labute approximate surface area is 407 Å². The Morgan fingerprint density at radius 1 is 0.300 bits per heavy atom. The first kappa shape index (κ1) is 39.9. The van der Waals surface area contributed by atoms with Crippen LogP contribution in [0.2, 0.25) is 0 Å². The van der Waals surface area contributed by atoms with Crippen molar-refractivity contribution in [2.45, 2.75) is 5.41 Å².